The Bertz CT molecular complexity index is 1290. The highest BCUT2D eigenvalue weighted by molar-refractivity contribution is 5.62. The predicted octanol–water partition coefficient (Wildman–Crippen LogP) is 3.23. The van der Waals surface area contributed by atoms with Gasteiger partial charge in [0.2, 0.25) is 0 Å². The van der Waals surface area contributed by atoms with Gasteiger partial charge in [-0.15, -0.1) is 0 Å². The summed E-state index contributed by atoms with van der Waals surface area (Å²) in [7, 11) is 3.13. The fourth-order valence-electron chi connectivity index (χ4n) is 3.37. The number of pyridine rings is 1. The Morgan fingerprint density at radius 1 is 1.00 bits per heavy atom. The average molecular weight is 417 g/mol. The lowest BCUT2D eigenvalue weighted by Gasteiger charge is -2.15. The number of ether oxygens (including phenoxy) is 2. The minimum atomic E-state index is -0.347. The molecule has 0 aliphatic rings. The Kier molecular flexibility index (Phi) is 5.53. The Morgan fingerprint density at radius 2 is 1.84 bits per heavy atom. The van der Waals surface area contributed by atoms with E-state index in [1.807, 2.05) is 50.4 Å². The first kappa shape index (κ1) is 20.3. The van der Waals surface area contributed by atoms with Gasteiger partial charge < -0.3 is 9.47 Å². The summed E-state index contributed by atoms with van der Waals surface area (Å²) in [6.07, 6.45) is 1.81. The van der Waals surface area contributed by atoms with Gasteiger partial charge in [0, 0.05) is 18.8 Å². The van der Waals surface area contributed by atoms with Crippen molar-refractivity contribution in [3.05, 3.63) is 81.9 Å². The molecule has 0 amide bonds. The third-order valence-electron chi connectivity index (χ3n) is 5.04. The normalized spacial score (nSPS) is 10.8. The van der Waals surface area contributed by atoms with E-state index >= 15 is 0 Å². The van der Waals surface area contributed by atoms with E-state index in [1.54, 1.807) is 26.3 Å². The summed E-state index contributed by atoms with van der Waals surface area (Å²) in [4.78, 5) is 16.8. The first-order valence-electron chi connectivity index (χ1n) is 9.79. The average Bonchev–Trinajstić information content (AvgIpc) is 3.10. The maximum absolute atomic E-state index is 12.4. The van der Waals surface area contributed by atoms with Gasteiger partial charge in [-0.1, -0.05) is 6.07 Å². The van der Waals surface area contributed by atoms with Gasteiger partial charge in [-0.3, -0.25) is 4.98 Å². The molecule has 158 valence electrons. The van der Waals surface area contributed by atoms with Crippen molar-refractivity contribution in [3.8, 4) is 28.4 Å². The third-order valence-corrected chi connectivity index (χ3v) is 5.04. The molecule has 0 aliphatic heterocycles. The Morgan fingerprint density at radius 3 is 2.52 bits per heavy atom. The third kappa shape index (κ3) is 4.05. The van der Waals surface area contributed by atoms with Gasteiger partial charge in [0.15, 0.2) is 0 Å². The second-order valence-electron chi connectivity index (χ2n) is 7.24. The quantitative estimate of drug-likeness (QED) is 0.479. The van der Waals surface area contributed by atoms with Crippen molar-refractivity contribution in [2.45, 2.75) is 20.5 Å². The monoisotopic (exact) mass is 417 g/mol. The van der Waals surface area contributed by atoms with Crippen LogP contribution in [0.15, 0.2) is 59.5 Å². The smallest absolute Gasteiger partial charge is 0.368 e. The molecule has 0 saturated heterocycles. The van der Waals surface area contributed by atoms with Crippen molar-refractivity contribution < 1.29 is 9.47 Å². The van der Waals surface area contributed by atoms with Gasteiger partial charge in [0.1, 0.15) is 18.1 Å². The lowest BCUT2D eigenvalue weighted by molar-refractivity contribution is 0.294. The number of hydrogen-bond acceptors (Lipinski definition) is 6. The second kappa shape index (κ2) is 8.43. The number of hydrogen-bond donors (Lipinski definition) is 0. The predicted molar refractivity (Wildman–Crippen MR) is 117 cm³/mol. The molecule has 0 radical (unpaired) electrons. The number of methoxy groups -OCH3 is 1. The molecule has 2 aromatic carbocycles. The van der Waals surface area contributed by atoms with Crippen LogP contribution in [0.5, 0.6) is 11.5 Å². The standard InChI is InChI=1S/C23H23N5O3/c1-15-10-11-24-19(12-15)17-8-9-21(16(2)13-17)31-14-18-20(6-5-7-22(18)30-4)28-23(29)27(3)25-26-28/h5-13H,14H2,1-4H3. The summed E-state index contributed by atoms with van der Waals surface area (Å²) in [5.74, 6) is 1.34. The topological polar surface area (TPSA) is 84.1 Å². The minimum Gasteiger partial charge on any atom is -0.496 e. The highest BCUT2D eigenvalue weighted by Gasteiger charge is 2.16. The van der Waals surface area contributed by atoms with E-state index in [9.17, 15) is 4.79 Å². The number of aryl methyl sites for hydroxylation is 3. The first-order valence-corrected chi connectivity index (χ1v) is 9.79. The molecule has 8 heteroatoms. The summed E-state index contributed by atoms with van der Waals surface area (Å²) >= 11 is 0. The maximum Gasteiger partial charge on any atom is 0.368 e. The van der Waals surface area contributed by atoms with Gasteiger partial charge in [0.05, 0.1) is 24.1 Å². The molecule has 2 heterocycles. The highest BCUT2D eigenvalue weighted by atomic mass is 16.5. The van der Waals surface area contributed by atoms with E-state index in [4.69, 9.17) is 9.47 Å². The molecule has 0 fully saturated rings. The van der Waals surface area contributed by atoms with Crippen LogP contribution < -0.4 is 15.2 Å². The van der Waals surface area contributed by atoms with E-state index in [0.717, 1.165) is 28.1 Å². The summed E-state index contributed by atoms with van der Waals surface area (Å²) in [6, 6.07) is 15.4. The fourth-order valence-corrected chi connectivity index (χ4v) is 3.37. The molecule has 0 saturated carbocycles. The van der Waals surface area contributed by atoms with E-state index in [0.29, 0.717) is 17.0 Å². The lowest BCUT2D eigenvalue weighted by atomic mass is 10.1. The van der Waals surface area contributed by atoms with Gasteiger partial charge in [-0.2, -0.15) is 9.36 Å². The van der Waals surface area contributed by atoms with Gasteiger partial charge in [-0.25, -0.2) is 4.79 Å². The van der Waals surface area contributed by atoms with Crippen molar-refractivity contribution in [2.75, 3.05) is 7.11 Å². The fraction of sp³-hybridized carbons (Fsp3) is 0.217. The SMILES string of the molecule is COc1cccc(-n2nnn(C)c2=O)c1COc1ccc(-c2cc(C)ccn2)cc1C. The Hall–Kier alpha value is -3.94. The minimum absolute atomic E-state index is 0.200. The zero-order chi connectivity index (χ0) is 22.0. The number of aromatic nitrogens is 5. The number of tetrazole rings is 1. The van der Waals surface area contributed by atoms with Crippen LogP contribution in [0.4, 0.5) is 0 Å². The molecule has 0 spiro atoms. The van der Waals surface area contributed by atoms with Crippen LogP contribution in [0.3, 0.4) is 0 Å². The number of benzene rings is 2. The van der Waals surface area contributed by atoms with E-state index < -0.39 is 0 Å². The molecule has 4 rings (SSSR count). The van der Waals surface area contributed by atoms with Crippen molar-refractivity contribution >= 4 is 0 Å². The second-order valence-corrected chi connectivity index (χ2v) is 7.24. The molecule has 0 bridgehead atoms. The Labute approximate surface area is 179 Å². The van der Waals surface area contributed by atoms with Gasteiger partial charge >= 0.3 is 5.69 Å². The van der Waals surface area contributed by atoms with E-state index in [2.05, 4.69) is 21.5 Å². The summed E-state index contributed by atoms with van der Waals surface area (Å²) in [6.45, 7) is 4.24. The summed E-state index contributed by atoms with van der Waals surface area (Å²) in [5, 5.41) is 7.74. The van der Waals surface area contributed by atoms with Crippen molar-refractivity contribution in [1.82, 2.24) is 24.8 Å². The van der Waals surface area contributed by atoms with E-state index in [1.165, 1.54) is 9.36 Å². The van der Waals surface area contributed by atoms with Gasteiger partial charge in [-0.05, 0) is 77.9 Å². The molecular formula is C23H23N5O3. The Balaban J connectivity index is 1.64. The van der Waals surface area contributed by atoms with Crippen LogP contribution in [0.1, 0.15) is 16.7 Å². The number of nitrogens with zero attached hydrogens (tertiary/aromatic N) is 5. The maximum atomic E-state index is 12.4. The highest BCUT2D eigenvalue weighted by Crippen LogP contribution is 2.29. The van der Waals surface area contributed by atoms with Crippen molar-refractivity contribution in [2.24, 2.45) is 7.05 Å². The lowest BCUT2D eigenvalue weighted by Crippen LogP contribution is -2.23. The van der Waals surface area contributed by atoms with Crippen molar-refractivity contribution in [1.29, 1.82) is 0 Å². The molecular weight excluding hydrogens is 394 g/mol. The number of rotatable bonds is 6. The first-order chi connectivity index (χ1) is 15.0. The molecule has 2 aromatic heterocycles. The molecule has 0 unspecified atom stereocenters. The largest absolute Gasteiger partial charge is 0.496 e. The van der Waals surface area contributed by atoms with E-state index in [-0.39, 0.29) is 12.3 Å². The molecule has 31 heavy (non-hydrogen) atoms. The van der Waals surface area contributed by atoms with Crippen LogP contribution in [-0.4, -0.2) is 31.9 Å². The van der Waals surface area contributed by atoms with Gasteiger partial charge in [0.25, 0.3) is 0 Å². The van der Waals surface area contributed by atoms with Crippen LogP contribution in [0, 0.1) is 13.8 Å². The van der Waals surface area contributed by atoms with Crippen molar-refractivity contribution in [3.63, 3.8) is 0 Å². The van der Waals surface area contributed by atoms with Crippen LogP contribution in [-0.2, 0) is 13.7 Å². The summed E-state index contributed by atoms with van der Waals surface area (Å²) in [5.41, 5.74) is 5.01. The van der Waals surface area contributed by atoms with Crippen LogP contribution in [0.25, 0.3) is 16.9 Å². The molecule has 0 aliphatic carbocycles. The van der Waals surface area contributed by atoms with Crippen LogP contribution >= 0.6 is 0 Å². The zero-order valence-corrected chi connectivity index (χ0v) is 17.9. The molecule has 0 N–H and O–H groups in total. The zero-order valence-electron chi connectivity index (χ0n) is 17.9. The molecule has 0 atom stereocenters. The van der Waals surface area contributed by atoms with Crippen LogP contribution in [0.2, 0.25) is 0 Å². The molecule has 4 aromatic rings. The summed E-state index contributed by atoms with van der Waals surface area (Å²) < 4.78 is 14.0. The molecule has 8 nitrogen and oxygen atoms in total.